The minimum atomic E-state index is -0.338. The number of benzene rings is 2. The molecule has 4 heteroatoms. The molecule has 110 valence electrons. The second-order valence-electron chi connectivity index (χ2n) is 5.07. The van der Waals surface area contributed by atoms with Crippen LogP contribution in [-0.4, -0.2) is 12.5 Å². The van der Waals surface area contributed by atoms with Crippen LogP contribution < -0.4 is 10.1 Å². The zero-order chi connectivity index (χ0) is 15.2. The van der Waals surface area contributed by atoms with Crippen molar-refractivity contribution in [1.82, 2.24) is 0 Å². The molecule has 1 amide bonds. The van der Waals surface area contributed by atoms with E-state index in [2.05, 4.69) is 19.2 Å². The molecule has 0 radical (unpaired) electrons. The maximum atomic E-state index is 12.8. The van der Waals surface area contributed by atoms with Crippen LogP contribution >= 0.6 is 0 Å². The van der Waals surface area contributed by atoms with Crippen LogP contribution in [0.2, 0.25) is 0 Å². The molecule has 0 aliphatic rings. The summed E-state index contributed by atoms with van der Waals surface area (Å²) in [6, 6.07) is 13.3. The molecule has 0 saturated carbocycles. The average molecular weight is 287 g/mol. The summed E-state index contributed by atoms with van der Waals surface area (Å²) >= 11 is 0. The summed E-state index contributed by atoms with van der Waals surface area (Å²) in [6.45, 7) is 4.11. The summed E-state index contributed by atoms with van der Waals surface area (Å²) < 4.78 is 18.2. The van der Waals surface area contributed by atoms with Crippen molar-refractivity contribution < 1.29 is 13.9 Å². The van der Waals surface area contributed by atoms with Crippen LogP contribution in [0.4, 0.5) is 10.1 Å². The van der Waals surface area contributed by atoms with Gasteiger partial charge >= 0.3 is 0 Å². The lowest BCUT2D eigenvalue weighted by Crippen LogP contribution is -2.20. The van der Waals surface area contributed by atoms with Crippen LogP contribution in [0.5, 0.6) is 5.75 Å². The van der Waals surface area contributed by atoms with E-state index in [4.69, 9.17) is 4.74 Å². The van der Waals surface area contributed by atoms with Crippen molar-refractivity contribution in [2.45, 2.75) is 19.8 Å². The van der Waals surface area contributed by atoms with E-state index in [1.54, 1.807) is 0 Å². The highest BCUT2D eigenvalue weighted by molar-refractivity contribution is 5.91. The van der Waals surface area contributed by atoms with Crippen molar-refractivity contribution in [2.75, 3.05) is 11.9 Å². The van der Waals surface area contributed by atoms with Crippen LogP contribution in [0, 0.1) is 5.82 Å². The number of carbonyl (C=O) groups excluding carboxylic acids is 1. The largest absolute Gasteiger partial charge is 0.484 e. The van der Waals surface area contributed by atoms with Gasteiger partial charge in [0.05, 0.1) is 0 Å². The fraction of sp³-hybridized carbons (Fsp3) is 0.235. The van der Waals surface area contributed by atoms with Crippen LogP contribution in [0.15, 0.2) is 48.5 Å². The third kappa shape index (κ3) is 4.60. The fourth-order valence-electron chi connectivity index (χ4n) is 1.84. The van der Waals surface area contributed by atoms with E-state index in [9.17, 15) is 9.18 Å². The lowest BCUT2D eigenvalue weighted by Gasteiger charge is -2.10. The summed E-state index contributed by atoms with van der Waals surface area (Å²) in [6.07, 6.45) is 0. The van der Waals surface area contributed by atoms with Crippen molar-refractivity contribution in [3.05, 3.63) is 59.9 Å². The molecule has 0 aliphatic carbocycles. The van der Waals surface area contributed by atoms with Crippen molar-refractivity contribution in [2.24, 2.45) is 0 Å². The van der Waals surface area contributed by atoms with E-state index in [0.717, 1.165) is 5.56 Å². The van der Waals surface area contributed by atoms with Gasteiger partial charge in [0, 0.05) is 5.69 Å². The standard InChI is InChI=1S/C17H18FNO2/c1-12(2)13-4-3-5-16(10-13)21-11-17(20)19-15-8-6-14(18)7-9-15/h3-10,12H,11H2,1-2H3,(H,19,20). The van der Waals surface area contributed by atoms with Crippen LogP contribution in [-0.2, 0) is 4.79 Å². The SMILES string of the molecule is CC(C)c1cccc(OCC(=O)Nc2ccc(F)cc2)c1. The summed E-state index contributed by atoms with van der Waals surface area (Å²) in [7, 11) is 0. The molecule has 2 aromatic rings. The second-order valence-corrected chi connectivity index (χ2v) is 5.07. The number of halogens is 1. The van der Waals surface area contributed by atoms with E-state index in [1.165, 1.54) is 24.3 Å². The van der Waals surface area contributed by atoms with Gasteiger partial charge in [-0.1, -0.05) is 26.0 Å². The highest BCUT2D eigenvalue weighted by Gasteiger charge is 2.05. The molecule has 0 aliphatic heterocycles. The van der Waals surface area contributed by atoms with Gasteiger partial charge < -0.3 is 10.1 Å². The van der Waals surface area contributed by atoms with Gasteiger partial charge in [0.2, 0.25) is 0 Å². The van der Waals surface area contributed by atoms with Gasteiger partial charge in [-0.25, -0.2) is 4.39 Å². The Morgan fingerprint density at radius 2 is 1.90 bits per heavy atom. The lowest BCUT2D eigenvalue weighted by atomic mass is 10.0. The predicted molar refractivity (Wildman–Crippen MR) is 81.1 cm³/mol. The summed E-state index contributed by atoms with van der Waals surface area (Å²) in [5.41, 5.74) is 1.70. The Morgan fingerprint density at radius 3 is 2.57 bits per heavy atom. The first-order valence-corrected chi connectivity index (χ1v) is 6.83. The first-order valence-electron chi connectivity index (χ1n) is 6.83. The molecule has 0 fully saturated rings. The molecule has 21 heavy (non-hydrogen) atoms. The smallest absolute Gasteiger partial charge is 0.262 e. The lowest BCUT2D eigenvalue weighted by molar-refractivity contribution is -0.118. The molecule has 0 saturated heterocycles. The number of carbonyl (C=O) groups is 1. The Kier molecular flexibility index (Phi) is 4.93. The fourth-order valence-corrected chi connectivity index (χ4v) is 1.84. The van der Waals surface area contributed by atoms with E-state index >= 15 is 0 Å². The Morgan fingerprint density at radius 1 is 1.19 bits per heavy atom. The zero-order valence-corrected chi connectivity index (χ0v) is 12.1. The maximum absolute atomic E-state index is 12.8. The van der Waals surface area contributed by atoms with Crippen molar-refractivity contribution in [3.63, 3.8) is 0 Å². The minimum Gasteiger partial charge on any atom is -0.484 e. The number of rotatable bonds is 5. The molecule has 0 atom stereocenters. The number of nitrogens with one attached hydrogen (secondary N) is 1. The first-order chi connectivity index (χ1) is 10.0. The molecule has 0 bridgehead atoms. The Hall–Kier alpha value is -2.36. The molecule has 0 aromatic heterocycles. The third-order valence-corrected chi connectivity index (χ3v) is 3.02. The Bertz CT molecular complexity index is 608. The van der Waals surface area contributed by atoms with Gasteiger partial charge in [0.15, 0.2) is 6.61 Å². The van der Waals surface area contributed by atoms with E-state index < -0.39 is 0 Å². The Labute approximate surface area is 123 Å². The van der Waals surface area contributed by atoms with Gasteiger partial charge in [0.25, 0.3) is 5.91 Å². The third-order valence-electron chi connectivity index (χ3n) is 3.02. The summed E-state index contributed by atoms with van der Waals surface area (Å²) in [5.74, 6) is 0.448. The predicted octanol–water partition coefficient (Wildman–Crippen LogP) is 3.97. The molecular formula is C17H18FNO2. The first kappa shape index (κ1) is 15.0. The molecular weight excluding hydrogens is 269 g/mol. The number of amides is 1. The molecule has 0 unspecified atom stereocenters. The van der Waals surface area contributed by atoms with Crippen molar-refractivity contribution >= 4 is 11.6 Å². The van der Waals surface area contributed by atoms with E-state index in [1.807, 2.05) is 24.3 Å². The molecule has 2 rings (SSSR count). The molecule has 1 N–H and O–H groups in total. The Balaban J connectivity index is 1.89. The summed E-state index contributed by atoms with van der Waals surface area (Å²) in [5, 5.41) is 2.65. The van der Waals surface area contributed by atoms with E-state index in [-0.39, 0.29) is 18.3 Å². The normalized spacial score (nSPS) is 10.5. The number of anilines is 1. The van der Waals surface area contributed by atoms with E-state index in [0.29, 0.717) is 17.4 Å². The highest BCUT2D eigenvalue weighted by atomic mass is 19.1. The molecule has 0 heterocycles. The summed E-state index contributed by atoms with van der Waals surface area (Å²) in [4.78, 5) is 11.8. The molecule has 2 aromatic carbocycles. The second kappa shape index (κ2) is 6.88. The number of ether oxygens (including phenoxy) is 1. The van der Waals surface area contributed by atoms with Gasteiger partial charge in [-0.3, -0.25) is 4.79 Å². The quantitative estimate of drug-likeness (QED) is 0.903. The number of hydrogen-bond donors (Lipinski definition) is 1. The minimum absolute atomic E-state index is 0.0844. The molecule has 0 spiro atoms. The maximum Gasteiger partial charge on any atom is 0.262 e. The van der Waals surface area contributed by atoms with Crippen LogP contribution in [0.25, 0.3) is 0 Å². The monoisotopic (exact) mass is 287 g/mol. The molecule has 3 nitrogen and oxygen atoms in total. The van der Waals surface area contributed by atoms with Crippen molar-refractivity contribution in [1.29, 1.82) is 0 Å². The topological polar surface area (TPSA) is 38.3 Å². The van der Waals surface area contributed by atoms with Gasteiger partial charge in [-0.2, -0.15) is 0 Å². The highest BCUT2D eigenvalue weighted by Crippen LogP contribution is 2.20. The van der Waals surface area contributed by atoms with Crippen LogP contribution in [0.3, 0.4) is 0 Å². The van der Waals surface area contributed by atoms with Gasteiger partial charge in [0.1, 0.15) is 11.6 Å². The van der Waals surface area contributed by atoms with Crippen molar-refractivity contribution in [3.8, 4) is 5.75 Å². The zero-order valence-electron chi connectivity index (χ0n) is 12.1. The van der Waals surface area contributed by atoms with Gasteiger partial charge in [-0.05, 0) is 47.9 Å². The van der Waals surface area contributed by atoms with Gasteiger partial charge in [-0.15, -0.1) is 0 Å². The van der Waals surface area contributed by atoms with Crippen LogP contribution in [0.1, 0.15) is 25.3 Å². The number of hydrogen-bond acceptors (Lipinski definition) is 2. The average Bonchev–Trinajstić information content (AvgIpc) is 2.48.